The maximum Gasteiger partial charge on any atom is 0.305 e. The van der Waals surface area contributed by atoms with Crippen LogP contribution in [0.25, 0.3) is 0 Å². The second-order valence-corrected chi connectivity index (χ2v) is 8.85. The summed E-state index contributed by atoms with van der Waals surface area (Å²) < 4.78 is 1.82. The van der Waals surface area contributed by atoms with Crippen molar-refractivity contribution < 1.29 is 14.7 Å². The lowest BCUT2D eigenvalue weighted by molar-refractivity contribution is -0.136. The summed E-state index contributed by atoms with van der Waals surface area (Å²) in [6.45, 7) is 0.360. The molecule has 4 N–H and O–H groups in total. The van der Waals surface area contributed by atoms with E-state index in [0.29, 0.717) is 29.1 Å². The average molecular weight is 458 g/mol. The van der Waals surface area contributed by atoms with Gasteiger partial charge in [-0.1, -0.05) is 18.2 Å². The van der Waals surface area contributed by atoms with Crippen LogP contribution in [0.4, 0.5) is 5.00 Å². The Morgan fingerprint density at radius 1 is 1.23 bits per heavy atom. The van der Waals surface area contributed by atoms with E-state index in [4.69, 9.17) is 17.3 Å². The highest BCUT2D eigenvalue weighted by Crippen LogP contribution is 2.39. The van der Waals surface area contributed by atoms with E-state index >= 15 is 0 Å². The summed E-state index contributed by atoms with van der Waals surface area (Å²) in [5, 5.41) is 20.4. The highest BCUT2D eigenvalue weighted by Gasteiger charge is 2.23. The molecule has 0 unspecified atom stereocenters. The fourth-order valence-corrected chi connectivity index (χ4v) is 5.25. The van der Waals surface area contributed by atoms with Gasteiger partial charge in [0.1, 0.15) is 0 Å². The summed E-state index contributed by atoms with van der Waals surface area (Å²) in [6, 6.07) is 8.93. The topological polar surface area (TPSA) is 112 Å². The van der Waals surface area contributed by atoms with Crippen molar-refractivity contribution in [2.24, 2.45) is 0 Å². The number of aliphatic carboxylic acids is 1. The van der Waals surface area contributed by atoms with E-state index in [1.807, 2.05) is 6.07 Å². The van der Waals surface area contributed by atoms with Crippen molar-refractivity contribution in [1.82, 2.24) is 14.9 Å². The monoisotopic (exact) mass is 457 g/mol. The Hall–Kier alpha value is -2.98. The van der Waals surface area contributed by atoms with Gasteiger partial charge in [-0.15, -0.1) is 11.3 Å². The lowest BCUT2D eigenvalue weighted by Crippen LogP contribution is -2.25. The standard InChI is InChI=1S/C21H23N5O3S2/c27-18(28)10-11-22-20-15(14-8-4-5-9-16(14)31-20)12-17-23-24-21(30)26(17)25-19(29)13-6-2-1-3-7-13/h1-3,6-7,22H,4-5,8-12H2,(H,24,30)(H,25,29)(H,27,28). The molecule has 0 saturated heterocycles. The SMILES string of the molecule is O=C(O)CCNc1sc2c(c1Cc1n[nH]c(=S)n1NC(=O)c1ccccc1)CCCC2. The fourth-order valence-electron chi connectivity index (χ4n) is 3.72. The zero-order valence-corrected chi connectivity index (χ0v) is 18.4. The predicted octanol–water partition coefficient (Wildman–Crippen LogP) is 3.74. The first-order valence-corrected chi connectivity index (χ1v) is 11.4. The van der Waals surface area contributed by atoms with Gasteiger partial charge < -0.3 is 10.4 Å². The zero-order chi connectivity index (χ0) is 21.8. The first-order valence-electron chi connectivity index (χ1n) is 10.1. The Balaban J connectivity index is 1.61. The Morgan fingerprint density at radius 3 is 2.77 bits per heavy atom. The molecule has 2 heterocycles. The number of rotatable bonds is 8. The van der Waals surface area contributed by atoms with Gasteiger partial charge >= 0.3 is 5.97 Å². The number of hydrogen-bond acceptors (Lipinski definition) is 6. The normalized spacial score (nSPS) is 12.9. The van der Waals surface area contributed by atoms with Crippen LogP contribution in [0.2, 0.25) is 0 Å². The zero-order valence-electron chi connectivity index (χ0n) is 16.8. The number of benzene rings is 1. The third kappa shape index (κ3) is 4.86. The minimum absolute atomic E-state index is 0.0495. The Kier molecular flexibility index (Phi) is 6.47. The van der Waals surface area contributed by atoms with Gasteiger partial charge in [-0.2, -0.15) is 5.10 Å². The molecular weight excluding hydrogens is 434 g/mol. The predicted molar refractivity (Wildman–Crippen MR) is 122 cm³/mol. The summed E-state index contributed by atoms with van der Waals surface area (Å²) in [6.07, 6.45) is 4.84. The van der Waals surface area contributed by atoms with Crippen LogP contribution in [-0.2, 0) is 24.1 Å². The maximum absolute atomic E-state index is 12.6. The van der Waals surface area contributed by atoms with Crippen LogP contribution in [0.3, 0.4) is 0 Å². The van der Waals surface area contributed by atoms with Crippen molar-refractivity contribution >= 4 is 40.4 Å². The van der Waals surface area contributed by atoms with Crippen molar-refractivity contribution in [2.75, 3.05) is 17.3 Å². The van der Waals surface area contributed by atoms with Gasteiger partial charge in [0, 0.05) is 23.4 Å². The number of carbonyl (C=O) groups is 2. The van der Waals surface area contributed by atoms with E-state index in [1.54, 1.807) is 35.6 Å². The van der Waals surface area contributed by atoms with Crippen molar-refractivity contribution in [2.45, 2.75) is 38.5 Å². The number of thiophene rings is 1. The number of aromatic amines is 1. The van der Waals surface area contributed by atoms with Crippen LogP contribution < -0.4 is 10.7 Å². The molecule has 0 bridgehead atoms. The number of carbonyl (C=O) groups excluding carboxylic acids is 1. The number of nitrogens with one attached hydrogen (secondary N) is 3. The molecule has 3 aromatic rings. The molecule has 4 rings (SSSR count). The fraction of sp³-hybridized carbons (Fsp3) is 0.333. The molecule has 8 nitrogen and oxygen atoms in total. The van der Waals surface area contributed by atoms with Crippen LogP contribution in [0, 0.1) is 4.77 Å². The van der Waals surface area contributed by atoms with Crippen molar-refractivity contribution in [1.29, 1.82) is 0 Å². The Bertz CT molecular complexity index is 1150. The largest absolute Gasteiger partial charge is 0.481 e. The average Bonchev–Trinajstić information content (AvgIpc) is 3.29. The third-order valence-electron chi connectivity index (χ3n) is 5.23. The molecule has 1 aromatic carbocycles. The summed E-state index contributed by atoms with van der Waals surface area (Å²) in [7, 11) is 0. The van der Waals surface area contributed by atoms with Gasteiger partial charge in [0.15, 0.2) is 5.82 Å². The van der Waals surface area contributed by atoms with E-state index < -0.39 is 5.97 Å². The number of amides is 1. The minimum atomic E-state index is -0.833. The number of carboxylic acids is 1. The number of anilines is 1. The molecule has 0 spiro atoms. The van der Waals surface area contributed by atoms with Gasteiger partial charge in [-0.3, -0.25) is 20.1 Å². The molecule has 0 radical (unpaired) electrons. The number of H-pyrrole nitrogens is 1. The molecule has 0 saturated carbocycles. The molecule has 1 amide bonds. The van der Waals surface area contributed by atoms with Crippen molar-refractivity contribution in [3.05, 3.63) is 62.5 Å². The van der Waals surface area contributed by atoms with Crippen molar-refractivity contribution in [3.8, 4) is 0 Å². The van der Waals surface area contributed by atoms with Gasteiger partial charge in [-0.25, -0.2) is 4.68 Å². The number of aryl methyl sites for hydroxylation is 1. The number of nitrogens with zero attached hydrogens (tertiary/aromatic N) is 2. The molecule has 31 heavy (non-hydrogen) atoms. The van der Waals surface area contributed by atoms with Crippen molar-refractivity contribution in [3.63, 3.8) is 0 Å². The first-order chi connectivity index (χ1) is 15.0. The van der Waals surface area contributed by atoms with E-state index in [-0.39, 0.29) is 12.3 Å². The van der Waals surface area contributed by atoms with Crippen LogP contribution in [0.15, 0.2) is 30.3 Å². The van der Waals surface area contributed by atoms with E-state index in [2.05, 4.69) is 20.9 Å². The van der Waals surface area contributed by atoms with Crippen LogP contribution in [0.1, 0.15) is 51.4 Å². The second-order valence-electron chi connectivity index (χ2n) is 7.35. The molecule has 1 aliphatic rings. The highest BCUT2D eigenvalue weighted by molar-refractivity contribution is 7.71. The van der Waals surface area contributed by atoms with Crippen LogP contribution in [0.5, 0.6) is 0 Å². The molecule has 1 aliphatic carbocycles. The quantitative estimate of drug-likeness (QED) is 0.384. The summed E-state index contributed by atoms with van der Waals surface area (Å²) >= 11 is 7.03. The van der Waals surface area contributed by atoms with E-state index in [1.165, 1.54) is 15.1 Å². The van der Waals surface area contributed by atoms with Gasteiger partial charge in [-0.05, 0) is 61.2 Å². The lowest BCUT2D eigenvalue weighted by atomic mass is 9.94. The molecular formula is C21H23N5O3S2. The number of hydrogen-bond donors (Lipinski definition) is 4. The number of aromatic nitrogens is 3. The molecule has 0 fully saturated rings. The second kappa shape index (κ2) is 9.44. The molecule has 0 aliphatic heterocycles. The van der Waals surface area contributed by atoms with Gasteiger partial charge in [0.05, 0.1) is 11.4 Å². The Labute approximate surface area is 188 Å². The first kappa shape index (κ1) is 21.3. The van der Waals surface area contributed by atoms with Crippen LogP contribution in [-0.4, -0.2) is 38.4 Å². The molecule has 0 atom stereocenters. The minimum Gasteiger partial charge on any atom is -0.481 e. The number of fused-ring (bicyclic) bond motifs is 1. The smallest absolute Gasteiger partial charge is 0.305 e. The lowest BCUT2D eigenvalue weighted by Gasteiger charge is -2.14. The maximum atomic E-state index is 12.6. The summed E-state index contributed by atoms with van der Waals surface area (Å²) in [4.78, 5) is 24.9. The molecule has 10 heteroatoms. The molecule has 2 aromatic heterocycles. The molecule has 162 valence electrons. The van der Waals surface area contributed by atoms with E-state index in [9.17, 15) is 9.59 Å². The third-order valence-corrected chi connectivity index (χ3v) is 6.80. The van der Waals surface area contributed by atoms with Gasteiger partial charge in [0.2, 0.25) is 4.77 Å². The van der Waals surface area contributed by atoms with E-state index in [0.717, 1.165) is 36.2 Å². The van der Waals surface area contributed by atoms with Gasteiger partial charge in [0.25, 0.3) is 5.91 Å². The highest BCUT2D eigenvalue weighted by atomic mass is 32.1. The Morgan fingerprint density at radius 2 is 2.00 bits per heavy atom. The summed E-state index contributed by atoms with van der Waals surface area (Å²) in [5.41, 5.74) is 5.77. The van der Waals surface area contributed by atoms with Crippen LogP contribution >= 0.6 is 23.6 Å². The summed E-state index contributed by atoms with van der Waals surface area (Å²) in [5.74, 6) is -0.506. The number of carboxylic acid groups (broad SMARTS) is 1.